The number of nitrogens with one attached hydrogen (secondary N) is 2. The van der Waals surface area contributed by atoms with Crippen LogP contribution in [0.2, 0.25) is 0 Å². The maximum absolute atomic E-state index is 11.1. The van der Waals surface area contributed by atoms with Crippen LogP contribution >= 0.6 is 0 Å². The Labute approximate surface area is 104 Å². The highest BCUT2D eigenvalue weighted by Crippen LogP contribution is 2.14. The summed E-state index contributed by atoms with van der Waals surface area (Å²) in [7, 11) is 0. The van der Waals surface area contributed by atoms with Crippen LogP contribution in [0, 0.1) is 11.3 Å². The summed E-state index contributed by atoms with van der Waals surface area (Å²) in [5, 5.41) is 13.4. The number of fused-ring (bicyclic) bond motifs is 1. The van der Waals surface area contributed by atoms with Crippen LogP contribution in [0.3, 0.4) is 0 Å². The first-order valence-electron chi connectivity index (χ1n) is 5.48. The van der Waals surface area contributed by atoms with Gasteiger partial charge in [-0.15, -0.1) is 0 Å². The highest BCUT2D eigenvalue weighted by Gasteiger charge is 2.02. The molecule has 0 spiro atoms. The van der Waals surface area contributed by atoms with Crippen LogP contribution in [-0.2, 0) is 4.79 Å². The number of rotatable bonds is 3. The molecule has 0 saturated heterocycles. The Morgan fingerprint density at radius 3 is 3.11 bits per heavy atom. The summed E-state index contributed by atoms with van der Waals surface area (Å²) in [6.45, 7) is 1.80. The normalized spacial score (nSPS) is 11.2. The molecule has 1 amide bonds. The zero-order valence-electron chi connectivity index (χ0n) is 9.90. The van der Waals surface area contributed by atoms with E-state index in [1.807, 2.05) is 30.5 Å². The first-order chi connectivity index (χ1) is 8.70. The summed E-state index contributed by atoms with van der Waals surface area (Å²) in [6.07, 6.45) is 1.68. The van der Waals surface area contributed by atoms with Crippen molar-refractivity contribution in [1.82, 2.24) is 10.4 Å². The molecule has 5 nitrogen and oxygen atoms in total. The summed E-state index contributed by atoms with van der Waals surface area (Å²) in [6, 6.07) is 9.63. The molecule has 0 radical (unpaired) electrons. The number of H-pyrrole nitrogens is 1. The van der Waals surface area contributed by atoms with Crippen molar-refractivity contribution in [3.63, 3.8) is 0 Å². The topological polar surface area (TPSA) is 81.0 Å². The van der Waals surface area contributed by atoms with Crippen LogP contribution < -0.4 is 5.43 Å². The van der Waals surface area contributed by atoms with E-state index in [0.717, 1.165) is 16.5 Å². The van der Waals surface area contributed by atoms with Gasteiger partial charge in [0.05, 0.1) is 11.8 Å². The second kappa shape index (κ2) is 5.15. The smallest absolute Gasteiger partial charge is 0.254 e. The number of nitrogens with zero attached hydrogens (tertiary/aromatic N) is 2. The van der Waals surface area contributed by atoms with Crippen LogP contribution in [0.1, 0.15) is 18.9 Å². The van der Waals surface area contributed by atoms with Crippen molar-refractivity contribution in [3.05, 3.63) is 36.0 Å². The summed E-state index contributed by atoms with van der Waals surface area (Å²) < 4.78 is 0. The monoisotopic (exact) mass is 240 g/mol. The zero-order valence-corrected chi connectivity index (χ0v) is 9.90. The van der Waals surface area contributed by atoms with Crippen LogP contribution in [0.25, 0.3) is 10.9 Å². The van der Waals surface area contributed by atoms with E-state index in [1.54, 1.807) is 13.0 Å². The van der Waals surface area contributed by atoms with Gasteiger partial charge in [0.15, 0.2) is 0 Å². The molecule has 0 bridgehead atoms. The van der Waals surface area contributed by atoms with Crippen molar-refractivity contribution in [2.45, 2.75) is 13.3 Å². The molecule has 2 aromatic rings. The number of benzene rings is 1. The lowest BCUT2D eigenvalue weighted by atomic mass is 10.1. The van der Waals surface area contributed by atoms with E-state index in [9.17, 15) is 4.79 Å². The van der Waals surface area contributed by atoms with Gasteiger partial charge in [0.1, 0.15) is 6.42 Å². The van der Waals surface area contributed by atoms with E-state index in [4.69, 9.17) is 5.26 Å². The third kappa shape index (κ3) is 2.55. The third-order valence-electron chi connectivity index (χ3n) is 2.56. The lowest BCUT2D eigenvalue weighted by Gasteiger charge is -2.01. The Morgan fingerprint density at radius 2 is 2.33 bits per heavy atom. The van der Waals surface area contributed by atoms with E-state index >= 15 is 0 Å². The van der Waals surface area contributed by atoms with E-state index in [-0.39, 0.29) is 6.42 Å². The second-order valence-corrected chi connectivity index (χ2v) is 3.85. The molecule has 0 aliphatic heterocycles. The lowest BCUT2D eigenvalue weighted by molar-refractivity contribution is -0.120. The van der Waals surface area contributed by atoms with E-state index < -0.39 is 5.91 Å². The molecule has 5 heteroatoms. The first-order valence-corrected chi connectivity index (χ1v) is 5.48. The van der Waals surface area contributed by atoms with Gasteiger partial charge in [0, 0.05) is 11.7 Å². The van der Waals surface area contributed by atoms with Crippen molar-refractivity contribution in [3.8, 4) is 6.07 Å². The van der Waals surface area contributed by atoms with Crippen LogP contribution in [-0.4, -0.2) is 16.6 Å². The van der Waals surface area contributed by atoms with Gasteiger partial charge in [-0.25, -0.2) is 5.43 Å². The Hall–Kier alpha value is -2.61. The van der Waals surface area contributed by atoms with Crippen molar-refractivity contribution in [1.29, 1.82) is 5.26 Å². The van der Waals surface area contributed by atoms with Gasteiger partial charge < -0.3 is 4.98 Å². The van der Waals surface area contributed by atoms with E-state index in [0.29, 0.717) is 5.71 Å². The number of aromatic amines is 1. The van der Waals surface area contributed by atoms with Gasteiger partial charge in [-0.3, -0.25) is 4.79 Å². The number of amides is 1. The molecular formula is C13H12N4O. The largest absolute Gasteiger partial charge is 0.361 e. The predicted octanol–water partition coefficient (Wildman–Crippen LogP) is 1.92. The number of nitriles is 1. The summed E-state index contributed by atoms with van der Waals surface area (Å²) in [4.78, 5) is 14.2. The van der Waals surface area contributed by atoms with Crippen LogP contribution in [0.4, 0.5) is 0 Å². The zero-order chi connectivity index (χ0) is 13.0. The second-order valence-electron chi connectivity index (χ2n) is 3.85. The molecule has 0 fully saturated rings. The minimum atomic E-state index is -0.405. The SMILES string of the molecule is C/C(=N\NC(=O)CC#N)c1ccc2cc[nH]c2c1. The van der Waals surface area contributed by atoms with Crippen molar-refractivity contribution in [2.75, 3.05) is 0 Å². The Kier molecular flexibility index (Phi) is 3.39. The fourth-order valence-corrected chi connectivity index (χ4v) is 1.59. The maximum Gasteiger partial charge on any atom is 0.254 e. The molecule has 2 rings (SSSR count). The first kappa shape index (κ1) is 11.9. The highest BCUT2D eigenvalue weighted by atomic mass is 16.2. The average molecular weight is 240 g/mol. The van der Waals surface area contributed by atoms with E-state index in [1.165, 1.54) is 0 Å². The number of carbonyl (C=O) groups is 1. The number of aromatic nitrogens is 1. The fraction of sp³-hybridized carbons (Fsp3) is 0.154. The molecule has 1 aromatic heterocycles. The molecule has 0 atom stereocenters. The molecule has 2 N–H and O–H groups in total. The van der Waals surface area contributed by atoms with Crippen LogP contribution in [0.5, 0.6) is 0 Å². The van der Waals surface area contributed by atoms with Gasteiger partial charge in [-0.1, -0.05) is 12.1 Å². The minimum absolute atomic E-state index is 0.188. The highest BCUT2D eigenvalue weighted by molar-refractivity contribution is 6.01. The molecule has 18 heavy (non-hydrogen) atoms. The van der Waals surface area contributed by atoms with Gasteiger partial charge in [0.2, 0.25) is 0 Å². The van der Waals surface area contributed by atoms with Crippen molar-refractivity contribution < 1.29 is 4.79 Å². The number of carbonyl (C=O) groups excluding carboxylic acids is 1. The van der Waals surface area contributed by atoms with Crippen LogP contribution in [0.15, 0.2) is 35.6 Å². The van der Waals surface area contributed by atoms with Crippen molar-refractivity contribution >= 4 is 22.5 Å². The number of hydrogen-bond donors (Lipinski definition) is 2. The Bertz CT molecular complexity index is 648. The van der Waals surface area contributed by atoms with Gasteiger partial charge >= 0.3 is 0 Å². The molecular weight excluding hydrogens is 228 g/mol. The summed E-state index contributed by atoms with van der Waals surface area (Å²) >= 11 is 0. The summed E-state index contributed by atoms with van der Waals surface area (Å²) in [5.74, 6) is -0.405. The average Bonchev–Trinajstić information content (AvgIpc) is 2.83. The molecule has 90 valence electrons. The van der Waals surface area contributed by atoms with Gasteiger partial charge in [0.25, 0.3) is 5.91 Å². The quantitative estimate of drug-likeness (QED) is 0.634. The Morgan fingerprint density at radius 1 is 1.50 bits per heavy atom. The standard InChI is InChI=1S/C13H12N4O/c1-9(16-17-13(18)4-6-14)11-3-2-10-5-7-15-12(10)8-11/h2-3,5,7-8,15H,4H2,1H3,(H,17,18)/b16-9+. The fourth-order valence-electron chi connectivity index (χ4n) is 1.59. The molecule has 0 unspecified atom stereocenters. The number of hydrazone groups is 1. The minimum Gasteiger partial charge on any atom is -0.361 e. The van der Waals surface area contributed by atoms with Gasteiger partial charge in [-0.05, 0) is 30.0 Å². The predicted molar refractivity (Wildman–Crippen MR) is 68.9 cm³/mol. The maximum atomic E-state index is 11.1. The molecule has 0 aliphatic carbocycles. The summed E-state index contributed by atoms with van der Waals surface area (Å²) in [5.41, 5.74) is 4.97. The van der Waals surface area contributed by atoms with E-state index in [2.05, 4.69) is 15.5 Å². The lowest BCUT2D eigenvalue weighted by Crippen LogP contribution is -2.18. The van der Waals surface area contributed by atoms with Gasteiger partial charge in [-0.2, -0.15) is 10.4 Å². The molecule has 0 saturated carbocycles. The van der Waals surface area contributed by atoms with Crippen molar-refractivity contribution in [2.24, 2.45) is 5.10 Å². The Balaban J connectivity index is 2.17. The third-order valence-corrected chi connectivity index (χ3v) is 2.56. The molecule has 1 aromatic carbocycles. The molecule has 0 aliphatic rings. The number of hydrogen-bond acceptors (Lipinski definition) is 3. The molecule has 1 heterocycles.